The summed E-state index contributed by atoms with van der Waals surface area (Å²) in [4.78, 5) is 71.9. The van der Waals surface area contributed by atoms with E-state index in [-0.39, 0.29) is 30.5 Å². The van der Waals surface area contributed by atoms with E-state index in [0.29, 0.717) is 24.5 Å². The molecule has 330 valence electrons. The van der Waals surface area contributed by atoms with Crippen LogP contribution in [-0.2, 0) is 31.2 Å². The summed E-state index contributed by atoms with van der Waals surface area (Å²) in [5.41, 5.74) is 5.91. The summed E-state index contributed by atoms with van der Waals surface area (Å²) >= 11 is 0. The molecule has 0 bridgehead atoms. The number of fused-ring (bicyclic) bond motifs is 4. The Morgan fingerprint density at radius 2 is 1.56 bits per heavy atom. The SMILES string of the molecule is COC(=O)N[C@H](C(=O)N1CCC[C@H]1c1nc2c([nH]1)COc1cc(-c3ccc4cc(-c5cnc([C@@H]6CCCN6C[C@@](C=O)(NC(=O)OC)c6ccccc6)[nH]5)ccc4c3)ccc1-2)C(C)C. The lowest BCUT2D eigenvalue weighted by atomic mass is 9.90. The van der Waals surface area contributed by atoms with Crippen molar-refractivity contribution in [1.82, 2.24) is 40.4 Å². The van der Waals surface area contributed by atoms with Crippen LogP contribution in [0.4, 0.5) is 9.59 Å². The van der Waals surface area contributed by atoms with Crippen molar-refractivity contribution in [3.63, 3.8) is 0 Å². The van der Waals surface area contributed by atoms with Crippen LogP contribution in [0.1, 0.15) is 74.5 Å². The number of nitrogens with one attached hydrogen (secondary N) is 4. The van der Waals surface area contributed by atoms with E-state index in [0.717, 1.165) is 100 Å². The average Bonchev–Trinajstić information content (AvgIpc) is 4.17. The number of likely N-dealkylation sites (tertiary alicyclic amines) is 2. The van der Waals surface area contributed by atoms with Crippen molar-refractivity contribution in [3.05, 3.63) is 114 Å². The standard InChI is InChI=1S/C49H52N8O7/c1-29(2)42(54-47(60)62-3)46(59)57-21-9-13-40(57)45-52-38-26-64-41-24-33(18-19-36(41)43(38)53-45)31-14-15-32-23-34(17-16-30(32)22-31)37-25-50-44(51-37)39-12-8-20-56(39)27-49(28-58,55-48(61)63-4)35-10-6-5-7-11-35/h5-7,10-11,14-19,22-25,28-29,39-40,42H,8-9,12-13,20-21,26-27H2,1-4H3,(H,50,51)(H,52,53)(H,54,60)(H,55,61)/t39-,40-,42-,49-/m0/s1. The highest BCUT2D eigenvalue weighted by Crippen LogP contribution is 2.42. The zero-order chi connectivity index (χ0) is 44.5. The van der Waals surface area contributed by atoms with Gasteiger partial charge in [-0.25, -0.2) is 19.6 Å². The fraction of sp³-hybridized carbons (Fsp3) is 0.347. The third-order valence-corrected chi connectivity index (χ3v) is 12.9. The van der Waals surface area contributed by atoms with Gasteiger partial charge in [0.1, 0.15) is 35.6 Å². The zero-order valence-electron chi connectivity index (χ0n) is 36.4. The smallest absolute Gasteiger partial charge is 0.407 e. The van der Waals surface area contributed by atoms with E-state index >= 15 is 0 Å². The third-order valence-electron chi connectivity index (χ3n) is 12.9. The first-order valence-electron chi connectivity index (χ1n) is 21.8. The van der Waals surface area contributed by atoms with Gasteiger partial charge in [0.05, 0.1) is 49.6 Å². The second kappa shape index (κ2) is 17.6. The van der Waals surface area contributed by atoms with E-state index in [1.165, 1.54) is 14.2 Å². The van der Waals surface area contributed by atoms with Gasteiger partial charge in [-0.1, -0.05) is 74.5 Å². The molecule has 64 heavy (non-hydrogen) atoms. The quantitative estimate of drug-likeness (QED) is 0.0886. The fourth-order valence-electron chi connectivity index (χ4n) is 9.47. The maximum absolute atomic E-state index is 13.7. The second-order valence-electron chi connectivity index (χ2n) is 17.2. The number of hydrogen-bond donors (Lipinski definition) is 4. The maximum atomic E-state index is 13.7. The molecule has 4 N–H and O–H groups in total. The Bertz CT molecular complexity index is 2710. The molecular weight excluding hydrogens is 813 g/mol. The van der Waals surface area contributed by atoms with Crippen LogP contribution in [0.2, 0.25) is 0 Å². The van der Waals surface area contributed by atoms with Crippen LogP contribution >= 0.6 is 0 Å². The van der Waals surface area contributed by atoms with Gasteiger partial charge < -0.3 is 44.5 Å². The number of hydrogen-bond acceptors (Lipinski definition) is 10. The van der Waals surface area contributed by atoms with Crippen molar-refractivity contribution in [3.8, 4) is 39.4 Å². The molecule has 5 heterocycles. The molecule has 3 aliphatic rings. The number of aromatic nitrogens is 4. The maximum Gasteiger partial charge on any atom is 0.407 e. The lowest BCUT2D eigenvalue weighted by Gasteiger charge is -2.35. The summed E-state index contributed by atoms with van der Waals surface area (Å²) in [6.45, 7) is 5.71. The molecule has 0 aliphatic carbocycles. The summed E-state index contributed by atoms with van der Waals surface area (Å²) in [5.74, 6) is 1.99. The summed E-state index contributed by atoms with van der Waals surface area (Å²) in [6, 6.07) is 27.2. The number of rotatable bonds is 12. The number of benzene rings is 4. The molecule has 3 aliphatic heterocycles. The van der Waals surface area contributed by atoms with E-state index < -0.39 is 23.8 Å². The average molecular weight is 865 g/mol. The number of aldehydes is 1. The molecule has 0 unspecified atom stereocenters. The van der Waals surface area contributed by atoms with Crippen LogP contribution in [0.5, 0.6) is 5.75 Å². The van der Waals surface area contributed by atoms with Gasteiger partial charge in [-0.3, -0.25) is 9.69 Å². The monoisotopic (exact) mass is 864 g/mol. The van der Waals surface area contributed by atoms with E-state index in [4.69, 9.17) is 24.2 Å². The number of imidazole rings is 2. The summed E-state index contributed by atoms with van der Waals surface area (Å²) in [7, 11) is 2.58. The molecular formula is C49H52N8O7. The van der Waals surface area contributed by atoms with Gasteiger partial charge in [-0.2, -0.15) is 0 Å². The van der Waals surface area contributed by atoms with Gasteiger partial charge in [0.2, 0.25) is 5.91 Å². The van der Waals surface area contributed by atoms with Crippen molar-refractivity contribution in [2.75, 3.05) is 33.9 Å². The van der Waals surface area contributed by atoms with E-state index in [1.807, 2.05) is 61.3 Å². The number of ether oxygens (including phenoxy) is 3. The highest BCUT2D eigenvalue weighted by molar-refractivity contribution is 5.91. The van der Waals surface area contributed by atoms with Crippen molar-refractivity contribution in [2.24, 2.45) is 5.92 Å². The van der Waals surface area contributed by atoms with Gasteiger partial charge in [-0.15, -0.1) is 0 Å². The molecule has 2 aromatic heterocycles. The molecule has 6 aromatic rings. The van der Waals surface area contributed by atoms with E-state index in [1.54, 1.807) is 0 Å². The minimum absolute atomic E-state index is 0.0734. The summed E-state index contributed by atoms with van der Waals surface area (Å²) < 4.78 is 16.0. The van der Waals surface area contributed by atoms with Crippen molar-refractivity contribution < 1.29 is 33.4 Å². The first kappa shape index (κ1) is 42.3. The molecule has 15 heteroatoms. The van der Waals surface area contributed by atoms with Crippen LogP contribution in [-0.4, -0.2) is 94.0 Å². The molecule has 0 radical (unpaired) electrons. The van der Waals surface area contributed by atoms with Crippen LogP contribution in [0.25, 0.3) is 44.4 Å². The number of nitrogens with zero attached hydrogens (tertiary/aromatic N) is 4. The Morgan fingerprint density at radius 3 is 2.31 bits per heavy atom. The molecule has 9 rings (SSSR count). The van der Waals surface area contributed by atoms with Gasteiger partial charge >= 0.3 is 12.2 Å². The Labute approximate surface area is 370 Å². The van der Waals surface area contributed by atoms with Crippen molar-refractivity contribution in [2.45, 2.75) is 69.8 Å². The summed E-state index contributed by atoms with van der Waals surface area (Å²) in [5, 5.41) is 7.69. The third kappa shape index (κ3) is 8.07. The Morgan fingerprint density at radius 1 is 0.859 bits per heavy atom. The highest BCUT2D eigenvalue weighted by atomic mass is 16.5. The number of aromatic amines is 2. The number of H-pyrrole nitrogens is 2. The minimum atomic E-state index is -1.30. The predicted octanol–water partition coefficient (Wildman–Crippen LogP) is 7.81. The lowest BCUT2D eigenvalue weighted by Crippen LogP contribution is -2.54. The van der Waals surface area contributed by atoms with Crippen LogP contribution < -0.4 is 15.4 Å². The lowest BCUT2D eigenvalue weighted by molar-refractivity contribution is -0.135. The van der Waals surface area contributed by atoms with Gasteiger partial charge in [0.25, 0.3) is 0 Å². The number of carbonyl (C=O) groups excluding carboxylic acids is 4. The second-order valence-corrected chi connectivity index (χ2v) is 17.2. The van der Waals surface area contributed by atoms with Gasteiger partial charge in [0.15, 0.2) is 6.29 Å². The first-order valence-corrected chi connectivity index (χ1v) is 21.8. The Kier molecular flexibility index (Phi) is 11.7. The minimum Gasteiger partial charge on any atom is -0.487 e. The molecule has 0 saturated carbocycles. The molecule has 4 aromatic carbocycles. The van der Waals surface area contributed by atoms with Crippen LogP contribution in [0, 0.1) is 5.92 Å². The van der Waals surface area contributed by atoms with E-state index in [9.17, 15) is 19.2 Å². The van der Waals surface area contributed by atoms with Crippen molar-refractivity contribution >= 4 is 35.2 Å². The zero-order valence-corrected chi connectivity index (χ0v) is 36.4. The fourth-order valence-corrected chi connectivity index (χ4v) is 9.47. The highest BCUT2D eigenvalue weighted by Gasteiger charge is 2.41. The number of alkyl carbamates (subject to hydrolysis) is 2. The molecule has 3 amide bonds. The Balaban J connectivity index is 0.907. The molecule has 2 saturated heterocycles. The largest absolute Gasteiger partial charge is 0.487 e. The van der Waals surface area contributed by atoms with Crippen molar-refractivity contribution in [1.29, 1.82) is 0 Å². The molecule has 2 fully saturated rings. The molecule has 0 spiro atoms. The van der Waals surface area contributed by atoms with Gasteiger partial charge in [0, 0.05) is 24.2 Å². The van der Waals surface area contributed by atoms with Gasteiger partial charge in [-0.05, 0) is 89.9 Å². The first-order chi connectivity index (χ1) is 31.1. The predicted molar refractivity (Wildman–Crippen MR) is 240 cm³/mol. The Hall–Kier alpha value is -7.00. The number of carbonyl (C=O) groups is 4. The van der Waals surface area contributed by atoms with Crippen LogP contribution in [0.15, 0.2) is 91.1 Å². The normalized spacial score (nSPS) is 18.4. The summed E-state index contributed by atoms with van der Waals surface area (Å²) in [6.07, 6.45) is 4.71. The topological polar surface area (TPSA) is 184 Å². The van der Waals surface area contributed by atoms with Crippen LogP contribution in [0.3, 0.4) is 0 Å². The number of amides is 3. The molecule has 4 atom stereocenters. The van der Waals surface area contributed by atoms with E-state index in [2.05, 4.69) is 74.0 Å². The number of methoxy groups -OCH3 is 2. The molecule has 15 nitrogen and oxygen atoms in total.